The number of benzene rings is 1. The highest BCUT2D eigenvalue weighted by Gasteiger charge is 2.03. The Labute approximate surface area is 112 Å². The van der Waals surface area contributed by atoms with Crippen molar-refractivity contribution in [3.8, 4) is 0 Å². The quantitative estimate of drug-likeness (QED) is 0.492. The van der Waals surface area contributed by atoms with Crippen molar-refractivity contribution in [2.75, 3.05) is 6.54 Å². The molecule has 2 aromatic rings. The third-order valence-electron chi connectivity index (χ3n) is 2.96. The van der Waals surface area contributed by atoms with E-state index in [4.69, 9.17) is 0 Å². The number of nitro groups is 1. The SMILES string of the molecule is Cn1ccc(CNCCc2ccc([N+](=O)[O-])cc2)c1. The van der Waals surface area contributed by atoms with E-state index >= 15 is 0 Å². The summed E-state index contributed by atoms with van der Waals surface area (Å²) < 4.78 is 2.02. The molecule has 100 valence electrons. The number of aryl methyl sites for hydroxylation is 1. The topological polar surface area (TPSA) is 60.1 Å². The maximum atomic E-state index is 10.5. The average molecular weight is 259 g/mol. The molecule has 0 aliphatic rings. The molecule has 1 aromatic carbocycles. The molecular weight excluding hydrogens is 242 g/mol. The predicted octanol–water partition coefficient (Wildman–Crippen LogP) is 2.27. The molecule has 0 aliphatic heterocycles. The van der Waals surface area contributed by atoms with Crippen LogP contribution in [0.4, 0.5) is 5.69 Å². The van der Waals surface area contributed by atoms with Gasteiger partial charge in [-0.2, -0.15) is 0 Å². The van der Waals surface area contributed by atoms with Gasteiger partial charge in [0.2, 0.25) is 0 Å². The molecule has 5 heteroatoms. The Balaban J connectivity index is 1.75. The van der Waals surface area contributed by atoms with E-state index in [0.29, 0.717) is 0 Å². The number of nitro benzene ring substituents is 1. The van der Waals surface area contributed by atoms with Crippen molar-refractivity contribution < 1.29 is 4.92 Å². The summed E-state index contributed by atoms with van der Waals surface area (Å²) >= 11 is 0. The summed E-state index contributed by atoms with van der Waals surface area (Å²) in [6.07, 6.45) is 4.97. The van der Waals surface area contributed by atoms with Crippen LogP contribution in [0.25, 0.3) is 0 Å². The monoisotopic (exact) mass is 259 g/mol. The number of aromatic nitrogens is 1. The number of hydrogen-bond donors (Lipinski definition) is 1. The van der Waals surface area contributed by atoms with Gasteiger partial charge in [-0.1, -0.05) is 12.1 Å². The van der Waals surface area contributed by atoms with E-state index in [0.717, 1.165) is 25.1 Å². The van der Waals surface area contributed by atoms with Gasteiger partial charge in [0, 0.05) is 38.1 Å². The highest BCUT2D eigenvalue weighted by atomic mass is 16.6. The molecule has 0 amide bonds. The van der Waals surface area contributed by atoms with Crippen LogP contribution in [0.2, 0.25) is 0 Å². The van der Waals surface area contributed by atoms with Crippen LogP contribution < -0.4 is 5.32 Å². The van der Waals surface area contributed by atoms with Crippen molar-refractivity contribution in [3.05, 3.63) is 64.0 Å². The molecule has 1 N–H and O–H groups in total. The predicted molar refractivity (Wildman–Crippen MR) is 73.9 cm³/mol. The first kappa shape index (κ1) is 13.3. The number of nitrogens with one attached hydrogen (secondary N) is 1. The number of non-ortho nitro benzene ring substituents is 1. The van der Waals surface area contributed by atoms with Crippen LogP contribution in [-0.2, 0) is 20.0 Å². The van der Waals surface area contributed by atoms with E-state index in [1.165, 1.54) is 5.56 Å². The zero-order valence-electron chi connectivity index (χ0n) is 10.9. The third-order valence-corrected chi connectivity index (χ3v) is 2.96. The second-order valence-corrected chi connectivity index (χ2v) is 4.54. The largest absolute Gasteiger partial charge is 0.357 e. The normalized spacial score (nSPS) is 10.6. The van der Waals surface area contributed by atoms with Crippen molar-refractivity contribution in [1.29, 1.82) is 0 Å². The van der Waals surface area contributed by atoms with Gasteiger partial charge in [-0.05, 0) is 30.2 Å². The van der Waals surface area contributed by atoms with E-state index < -0.39 is 0 Å². The second kappa shape index (κ2) is 6.15. The van der Waals surface area contributed by atoms with Crippen LogP contribution in [0.1, 0.15) is 11.1 Å². The summed E-state index contributed by atoms with van der Waals surface area (Å²) in [6.45, 7) is 1.69. The molecule has 2 rings (SSSR count). The van der Waals surface area contributed by atoms with Crippen LogP contribution >= 0.6 is 0 Å². The zero-order chi connectivity index (χ0) is 13.7. The van der Waals surface area contributed by atoms with Crippen molar-refractivity contribution >= 4 is 5.69 Å². The molecule has 1 heterocycles. The fourth-order valence-electron chi connectivity index (χ4n) is 1.92. The van der Waals surface area contributed by atoms with Crippen LogP contribution in [0, 0.1) is 10.1 Å². The fraction of sp³-hybridized carbons (Fsp3) is 0.286. The first-order valence-electron chi connectivity index (χ1n) is 6.20. The van der Waals surface area contributed by atoms with E-state index in [-0.39, 0.29) is 10.6 Å². The van der Waals surface area contributed by atoms with Gasteiger partial charge < -0.3 is 9.88 Å². The molecule has 0 radical (unpaired) electrons. The van der Waals surface area contributed by atoms with Crippen molar-refractivity contribution in [1.82, 2.24) is 9.88 Å². The smallest absolute Gasteiger partial charge is 0.269 e. The Morgan fingerprint density at radius 3 is 2.53 bits per heavy atom. The van der Waals surface area contributed by atoms with Gasteiger partial charge in [-0.3, -0.25) is 10.1 Å². The molecule has 0 bridgehead atoms. The Morgan fingerprint density at radius 2 is 1.95 bits per heavy atom. The molecular formula is C14H17N3O2. The summed E-state index contributed by atoms with van der Waals surface area (Å²) in [5.41, 5.74) is 2.50. The number of rotatable bonds is 6. The summed E-state index contributed by atoms with van der Waals surface area (Å²) in [5, 5.41) is 13.9. The van der Waals surface area contributed by atoms with Gasteiger partial charge in [0.15, 0.2) is 0 Å². The Bertz CT molecular complexity index is 546. The first-order chi connectivity index (χ1) is 9.15. The van der Waals surface area contributed by atoms with Gasteiger partial charge in [0.1, 0.15) is 0 Å². The Hall–Kier alpha value is -2.14. The summed E-state index contributed by atoms with van der Waals surface area (Å²) in [6, 6.07) is 8.79. The van der Waals surface area contributed by atoms with Crippen molar-refractivity contribution in [2.24, 2.45) is 7.05 Å². The summed E-state index contributed by atoms with van der Waals surface area (Å²) in [4.78, 5) is 10.1. The zero-order valence-corrected chi connectivity index (χ0v) is 10.9. The number of hydrogen-bond acceptors (Lipinski definition) is 3. The number of nitrogens with zero attached hydrogens (tertiary/aromatic N) is 2. The lowest BCUT2D eigenvalue weighted by atomic mass is 10.1. The first-order valence-corrected chi connectivity index (χ1v) is 6.20. The van der Waals surface area contributed by atoms with E-state index in [2.05, 4.69) is 17.6 Å². The van der Waals surface area contributed by atoms with Crippen LogP contribution in [0.15, 0.2) is 42.7 Å². The maximum Gasteiger partial charge on any atom is 0.269 e. The lowest BCUT2D eigenvalue weighted by molar-refractivity contribution is -0.384. The van der Waals surface area contributed by atoms with Gasteiger partial charge in [0.25, 0.3) is 5.69 Å². The second-order valence-electron chi connectivity index (χ2n) is 4.54. The van der Waals surface area contributed by atoms with Crippen LogP contribution in [0.5, 0.6) is 0 Å². The van der Waals surface area contributed by atoms with Crippen LogP contribution in [0.3, 0.4) is 0 Å². The molecule has 0 spiro atoms. The summed E-state index contributed by atoms with van der Waals surface area (Å²) in [7, 11) is 2.00. The van der Waals surface area contributed by atoms with Gasteiger partial charge in [-0.25, -0.2) is 0 Å². The Morgan fingerprint density at radius 1 is 1.21 bits per heavy atom. The lowest BCUT2D eigenvalue weighted by Crippen LogP contribution is -2.16. The maximum absolute atomic E-state index is 10.5. The minimum absolute atomic E-state index is 0.140. The minimum atomic E-state index is -0.378. The molecule has 19 heavy (non-hydrogen) atoms. The molecule has 0 aliphatic carbocycles. The van der Waals surface area contributed by atoms with Crippen LogP contribution in [-0.4, -0.2) is 16.0 Å². The van der Waals surface area contributed by atoms with Crippen molar-refractivity contribution in [3.63, 3.8) is 0 Å². The standard InChI is InChI=1S/C14H17N3O2/c1-16-9-7-13(11-16)10-15-8-6-12-2-4-14(5-3-12)17(18)19/h2-5,7,9,11,15H,6,8,10H2,1H3. The molecule has 0 unspecified atom stereocenters. The molecule has 0 atom stereocenters. The van der Waals surface area contributed by atoms with Gasteiger partial charge >= 0.3 is 0 Å². The average Bonchev–Trinajstić information content (AvgIpc) is 2.81. The fourth-order valence-corrected chi connectivity index (χ4v) is 1.92. The van der Waals surface area contributed by atoms with E-state index in [1.54, 1.807) is 12.1 Å². The minimum Gasteiger partial charge on any atom is -0.357 e. The van der Waals surface area contributed by atoms with E-state index in [1.807, 2.05) is 29.9 Å². The Kier molecular flexibility index (Phi) is 4.30. The highest BCUT2D eigenvalue weighted by molar-refractivity contribution is 5.32. The third kappa shape index (κ3) is 3.93. The highest BCUT2D eigenvalue weighted by Crippen LogP contribution is 2.11. The molecule has 0 fully saturated rings. The van der Waals surface area contributed by atoms with Crippen molar-refractivity contribution in [2.45, 2.75) is 13.0 Å². The molecule has 0 saturated heterocycles. The molecule has 5 nitrogen and oxygen atoms in total. The molecule has 1 aromatic heterocycles. The van der Waals surface area contributed by atoms with E-state index in [9.17, 15) is 10.1 Å². The summed E-state index contributed by atoms with van der Waals surface area (Å²) in [5.74, 6) is 0. The van der Waals surface area contributed by atoms with Gasteiger partial charge in [0.05, 0.1) is 4.92 Å². The lowest BCUT2D eigenvalue weighted by Gasteiger charge is -2.03. The molecule has 0 saturated carbocycles. The van der Waals surface area contributed by atoms with Gasteiger partial charge in [-0.15, -0.1) is 0 Å².